The van der Waals surface area contributed by atoms with Gasteiger partial charge in [0.25, 0.3) is 0 Å². The molecule has 0 spiro atoms. The Labute approximate surface area is 154 Å². The second-order valence-electron chi connectivity index (χ2n) is 5.14. The number of hydrogen-bond acceptors (Lipinski definition) is 6. The molecule has 5 nitrogen and oxygen atoms in total. The van der Waals surface area contributed by atoms with Gasteiger partial charge in [0.15, 0.2) is 10.3 Å². The lowest BCUT2D eigenvalue weighted by molar-refractivity contribution is 0.862. The van der Waals surface area contributed by atoms with Gasteiger partial charge >= 0.3 is 0 Å². The van der Waals surface area contributed by atoms with E-state index in [1.54, 1.807) is 23.5 Å². The predicted molar refractivity (Wildman–Crippen MR) is 99.2 cm³/mol. The summed E-state index contributed by atoms with van der Waals surface area (Å²) in [5.74, 6) is 1.49. The van der Waals surface area contributed by atoms with E-state index in [9.17, 15) is 0 Å². The van der Waals surface area contributed by atoms with E-state index in [1.165, 1.54) is 0 Å². The van der Waals surface area contributed by atoms with Crippen LogP contribution in [0.5, 0.6) is 0 Å². The Hall–Kier alpha value is -1.57. The standard InChI is InChI=1S/C16H16ClN5S2/c1-10-8-11(2)19-15(18-10)24-9-14-20-21-16(23-3)22(14)13-6-4-12(17)5-7-13/h4-8H,9H2,1-3H3. The molecule has 3 aromatic rings. The second kappa shape index (κ2) is 7.55. The topological polar surface area (TPSA) is 56.5 Å². The zero-order chi connectivity index (χ0) is 17.1. The number of hydrogen-bond donors (Lipinski definition) is 0. The SMILES string of the molecule is CSc1nnc(CSc2nc(C)cc(C)n2)n1-c1ccc(Cl)cc1. The van der Waals surface area contributed by atoms with Crippen LogP contribution in [0.2, 0.25) is 5.02 Å². The van der Waals surface area contributed by atoms with Crippen molar-refractivity contribution < 1.29 is 0 Å². The van der Waals surface area contributed by atoms with Crippen LogP contribution in [0.3, 0.4) is 0 Å². The number of halogens is 1. The van der Waals surface area contributed by atoms with Gasteiger partial charge in [-0.25, -0.2) is 9.97 Å². The van der Waals surface area contributed by atoms with Gasteiger partial charge in [-0.2, -0.15) is 0 Å². The summed E-state index contributed by atoms with van der Waals surface area (Å²) in [5.41, 5.74) is 2.92. The Balaban J connectivity index is 1.88. The van der Waals surface area contributed by atoms with Crippen LogP contribution in [0.25, 0.3) is 5.69 Å². The van der Waals surface area contributed by atoms with E-state index in [0.29, 0.717) is 10.8 Å². The van der Waals surface area contributed by atoms with Crippen LogP contribution in [-0.4, -0.2) is 31.0 Å². The molecule has 24 heavy (non-hydrogen) atoms. The highest BCUT2D eigenvalue weighted by atomic mass is 35.5. The molecular formula is C16H16ClN5S2. The quantitative estimate of drug-likeness (QED) is 0.487. The van der Waals surface area contributed by atoms with Crippen LogP contribution in [-0.2, 0) is 5.75 Å². The van der Waals surface area contributed by atoms with Crippen molar-refractivity contribution in [2.45, 2.75) is 29.9 Å². The van der Waals surface area contributed by atoms with E-state index in [4.69, 9.17) is 11.6 Å². The van der Waals surface area contributed by atoms with Gasteiger partial charge in [0.05, 0.1) is 5.75 Å². The molecule has 0 unspecified atom stereocenters. The summed E-state index contributed by atoms with van der Waals surface area (Å²) >= 11 is 9.11. The molecule has 0 amide bonds. The molecule has 0 aliphatic heterocycles. The molecule has 0 aliphatic rings. The fourth-order valence-electron chi connectivity index (χ4n) is 2.26. The van der Waals surface area contributed by atoms with Gasteiger partial charge < -0.3 is 0 Å². The Morgan fingerprint density at radius 1 is 1.04 bits per heavy atom. The van der Waals surface area contributed by atoms with Crippen LogP contribution in [0.15, 0.2) is 40.6 Å². The molecule has 0 aliphatic carbocycles. The van der Waals surface area contributed by atoms with Gasteiger partial charge in [-0.05, 0) is 50.4 Å². The molecule has 0 bridgehead atoms. The monoisotopic (exact) mass is 377 g/mol. The fourth-order valence-corrected chi connectivity index (χ4v) is 3.77. The first-order chi connectivity index (χ1) is 11.6. The van der Waals surface area contributed by atoms with Crippen LogP contribution in [0, 0.1) is 13.8 Å². The molecule has 3 rings (SSSR count). The summed E-state index contributed by atoms with van der Waals surface area (Å²) in [6.07, 6.45) is 1.99. The molecule has 0 atom stereocenters. The summed E-state index contributed by atoms with van der Waals surface area (Å²) in [4.78, 5) is 8.92. The lowest BCUT2D eigenvalue weighted by Crippen LogP contribution is -2.02. The minimum atomic E-state index is 0.638. The smallest absolute Gasteiger partial charge is 0.195 e. The first-order valence-corrected chi connectivity index (χ1v) is 9.85. The van der Waals surface area contributed by atoms with Crippen molar-refractivity contribution in [3.8, 4) is 5.69 Å². The summed E-state index contributed by atoms with van der Waals surface area (Å²) in [6.45, 7) is 3.95. The van der Waals surface area contributed by atoms with Crippen molar-refractivity contribution in [3.05, 3.63) is 52.6 Å². The molecule has 0 radical (unpaired) electrons. The van der Waals surface area contributed by atoms with E-state index in [1.807, 2.05) is 55.0 Å². The van der Waals surface area contributed by atoms with Gasteiger partial charge in [0.1, 0.15) is 5.82 Å². The molecule has 124 valence electrons. The third-order valence-electron chi connectivity index (χ3n) is 3.26. The zero-order valence-electron chi connectivity index (χ0n) is 13.5. The number of thioether (sulfide) groups is 2. The second-order valence-corrected chi connectivity index (χ2v) is 7.29. The average molecular weight is 378 g/mol. The summed E-state index contributed by atoms with van der Waals surface area (Å²) in [6, 6.07) is 9.63. The summed E-state index contributed by atoms with van der Waals surface area (Å²) < 4.78 is 2.04. The third kappa shape index (κ3) is 3.91. The van der Waals surface area contributed by atoms with E-state index >= 15 is 0 Å². The molecule has 8 heteroatoms. The van der Waals surface area contributed by atoms with Crippen molar-refractivity contribution >= 4 is 35.1 Å². The van der Waals surface area contributed by atoms with Crippen molar-refractivity contribution in [1.29, 1.82) is 0 Å². The van der Waals surface area contributed by atoms with Crippen LogP contribution in [0.1, 0.15) is 17.2 Å². The molecule has 2 heterocycles. The number of nitrogens with zero attached hydrogens (tertiary/aromatic N) is 5. The van der Waals surface area contributed by atoms with Crippen molar-refractivity contribution in [3.63, 3.8) is 0 Å². The lowest BCUT2D eigenvalue weighted by atomic mass is 10.3. The lowest BCUT2D eigenvalue weighted by Gasteiger charge is -2.09. The fraction of sp³-hybridized carbons (Fsp3) is 0.250. The normalized spacial score (nSPS) is 11.0. The minimum Gasteiger partial charge on any atom is -0.273 e. The van der Waals surface area contributed by atoms with Crippen LogP contribution >= 0.6 is 35.1 Å². The maximum atomic E-state index is 5.99. The maximum absolute atomic E-state index is 5.99. The number of aryl methyl sites for hydroxylation is 2. The Bertz CT molecular complexity index is 828. The Morgan fingerprint density at radius 3 is 2.33 bits per heavy atom. The molecule has 1 aromatic carbocycles. The number of aromatic nitrogens is 5. The van der Waals surface area contributed by atoms with Gasteiger partial charge in [-0.3, -0.25) is 4.57 Å². The van der Waals surface area contributed by atoms with E-state index in [2.05, 4.69) is 20.2 Å². The molecule has 0 saturated heterocycles. The molecule has 0 N–H and O–H groups in total. The van der Waals surface area contributed by atoms with Crippen LogP contribution < -0.4 is 0 Å². The first kappa shape index (κ1) is 17.3. The molecule has 0 fully saturated rings. The van der Waals surface area contributed by atoms with Gasteiger partial charge in [-0.1, -0.05) is 35.1 Å². The molecular weight excluding hydrogens is 362 g/mol. The largest absolute Gasteiger partial charge is 0.273 e. The van der Waals surface area contributed by atoms with Gasteiger partial charge in [0, 0.05) is 22.1 Å². The Kier molecular flexibility index (Phi) is 5.43. The number of benzene rings is 1. The predicted octanol–water partition coefficient (Wildman–Crippen LogP) is 4.34. The van der Waals surface area contributed by atoms with E-state index in [-0.39, 0.29) is 0 Å². The zero-order valence-corrected chi connectivity index (χ0v) is 15.9. The number of rotatable bonds is 5. The van der Waals surface area contributed by atoms with E-state index in [0.717, 1.165) is 33.2 Å². The van der Waals surface area contributed by atoms with Crippen molar-refractivity contribution in [2.24, 2.45) is 0 Å². The van der Waals surface area contributed by atoms with Gasteiger partial charge in [0.2, 0.25) is 0 Å². The molecule has 0 saturated carbocycles. The highest BCUT2D eigenvalue weighted by Crippen LogP contribution is 2.25. The van der Waals surface area contributed by atoms with Crippen molar-refractivity contribution in [2.75, 3.05) is 6.26 Å². The van der Waals surface area contributed by atoms with Crippen molar-refractivity contribution in [1.82, 2.24) is 24.7 Å². The highest BCUT2D eigenvalue weighted by Gasteiger charge is 2.14. The Morgan fingerprint density at radius 2 is 1.71 bits per heavy atom. The average Bonchev–Trinajstić information content (AvgIpc) is 2.96. The summed E-state index contributed by atoms with van der Waals surface area (Å²) in [5, 5.41) is 10.9. The van der Waals surface area contributed by atoms with Crippen LogP contribution in [0.4, 0.5) is 0 Å². The highest BCUT2D eigenvalue weighted by molar-refractivity contribution is 7.98. The minimum absolute atomic E-state index is 0.638. The van der Waals surface area contributed by atoms with Gasteiger partial charge in [-0.15, -0.1) is 10.2 Å². The summed E-state index contributed by atoms with van der Waals surface area (Å²) in [7, 11) is 0. The molecule has 2 aromatic heterocycles. The van der Waals surface area contributed by atoms with E-state index < -0.39 is 0 Å². The third-order valence-corrected chi connectivity index (χ3v) is 4.98. The maximum Gasteiger partial charge on any atom is 0.195 e. The first-order valence-electron chi connectivity index (χ1n) is 7.26.